The van der Waals surface area contributed by atoms with Gasteiger partial charge in [0.15, 0.2) is 0 Å². The van der Waals surface area contributed by atoms with Crippen molar-refractivity contribution in [1.29, 1.82) is 5.26 Å². The zero-order valence-corrected chi connectivity index (χ0v) is 12.3. The third kappa shape index (κ3) is 2.87. The molecule has 0 aromatic heterocycles. The minimum atomic E-state index is -0.354. The molecule has 2 aliphatic heterocycles. The summed E-state index contributed by atoms with van der Waals surface area (Å²) >= 11 is 0. The Bertz CT molecular complexity index is 551. The van der Waals surface area contributed by atoms with Crippen molar-refractivity contribution in [2.24, 2.45) is 5.92 Å². The van der Waals surface area contributed by atoms with Crippen LogP contribution >= 0.6 is 0 Å². The number of ether oxygens (including phenoxy) is 1. The first-order valence-corrected chi connectivity index (χ1v) is 7.45. The topological polar surface area (TPSA) is 39.5 Å². The number of hydrogen-bond donors (Lipinski definition) is 0. The first-order chi connectivity index (χ1) is 10.2. The van der Waals surface area contributed by atoms with Gasteiger partial charge >= 0.3 is 0 Å². The van der Waals surface area contributed by atoms with Gasteiger partial charge in [-0.15, -0.1) is 0 Å². The van der Waals surface area contributed by atoms with Crippen molar-refractivity contribution in [2.75, 3.05) is 44.3 Å². The van der Waals surface area contributed by atoms with E-state index < -0.39 is 0 Å². The number of hydrogen-bond acceptors (Lipinski definition) is 4. The van der Waals surface area contributed by atoms with E-state index in [4.69, 9.17) is 4.74 Å². The molecule has 2 saturated heterocycles. The predicted octanol–water partition coefficient (Wildman–Crippen LogP) is 1.85. The van der Waals surface area contributed by atoms with Crippen LogP contribution in [-0.2, 0) is 4.74 Å². The molecule has 3 rings (SSSR count). The van der Waals surface area contributed by atoms with Crippen LogP contribution in [0, 0.1) is 23.1 Å². The smallest absolute Gasteiger partial charge is 0.124 e. The Morgan fingerprint density at radius 1 is 1.29 bits per heavy atom. The molecule has 1 aromatic carbocycles. The van der Waals surface area contributed by atoms with Crippen molar-refractivity contribution >= 4 is 5.69 Å². The Balaban J connectivity index is 1.78. The number of nitriles is 1. The number of rotatable bonds is 2. The van der Waals surface area contributed by atoms with Gasteiger partial charge in [-0.25, -0.2) is 4.39 Å². The average molecular weight is 289 g/mol. The minimum Gasteiger partial charge on any atom is -0.379 e. The Labute approximate surface area is 124 Å². The van der Waals surface area contributed by atoms with Crippen LogP contribution in [0.4, 0.5) is 10.1 Å². The summed E-state index contributed by atoms with van der Waals surface area (Å²) in [6, 6.07) is 7.06. The van der Waals surface area contributed by atoms with E-state index in [0.29, 0.717) is 17.5 Å². The van der Waals surface area contributed by atoms with Crippen LogP contribution in [0.15, 0.2) is 18.2 Å². The summed E-state index contributed by atoms with van der Waals surface area (Å²) in [5.74, 6) is 0.173. The van der Waals surface area contributed by atoms with Gasteiger partial charge in [-0.05, 0) is 24.1 Å². The Morgan fingerprint density at radius 3 is 2.76 bits per heavy atom. The molecular weight excluding hydrogens is 269 g/mol. The quantitative estimate of drug-likeness (QED) is 0.833. The van der Waals surface area contributed by atoms with Crippen LogP contribution in [-0.4, -0.2) is 50.3 Å². The number of halogens is 1. The maximum Gasteiger partial charge on any atom is 0.124 e. The molecule has 21 heavy (non-hydrogen) atoms. The van der Waals surface area contributed by atoms with E-state index >= 15 is 0 Å². The lowest BCUT2D eigenvalue weighted by Crippen LogP contribution is -2.46. The summed E-state index contributed by atoms with van der Waals surface area (Å²) in [6.45, 7) is 7.57. The SMILES string of the molecule is C[C@H]1CN(c2ccc(F)cc2C#N)C[C@@H]1N1CCOCC1. The van der Waals surface area contributed by atoms with Crippen molar-refractivity contribution in [2.45, 2.75) is 13.0 Å². The fourth-order valence-corrected chi connectivity index (χ4v) is 3.40. The highest BCUT2D eigenvalue weighted by molar-refractivity contribution is 5.60. The van der Waals surface area contributed by atoms with Crippen LogP contribution in [0.2, 0.25) is 0 Å². The number of benzene rings is 1. The van der Waals surface area contributed by atoms with Gasteiger partial charge in [0, 0.05) is 32.2 Å². The van der Waals surface area contributed by atoms with Gasteiger partial charge in [-0.3, -0.25) is 4.90 Å². The van der Waals surface area contributed by atoms with Crippen LogP contribution < -0.4 is 4.90 Å². The molecule has 112 valence electrons. The molecule has 0 bridgehead atoms. The van der Waals surface area contributed by atoms with Crippen molar-refractivity contribution in [3.8, 4) is 6.07 Å². The van der Waals surface area contributed by atoms with Crippen LogP contribution in [0.5, 0.6) is 0 Å². The zero-order valence-electron chi connectivity index (χ0n) is 12.3. The second-order valence-electron chi connectivity index (χ2n) is 5.87. The van der Waals surface area contributed by atoms with E-state index in [1.165, 1.54) is 12.1 Å². The van der Waals surface area contributed by atoms with Crippen molar-refractivity contribution in [1.82, 2.24) is 4.90 Å². The normalized spacial score (nSPS) is 26.8. The molecule has 1 aromatic rings. The van der Waals surface area contributed by atoms with Crippen LogP contribution in [0.1, 0.15) is 12.5 Å². The molecule has 2 atom stereocenters. The van der Waals surface area contributed by atoms with Crippen LogP contribution in [0.25, 0.3) is 0 Å². The standard InChI is InChI=1S/C16H20FN3O/c1-12-10-20(11-16(12)19-4-6-21-7-5-19)15-3-2-14(17)8-13(15)9-18/h2-3,8,12,16H,4-7,10-11H2,1H3/t12-,16-/m0/s1. The molecule has 0 N–H and O–H groups in total. The predicted molar refractivity (Wildman–Crippen MR) is 78.7 cm³/mol. The first kappa shape index (κ1) is 14.3. The van der Waals surface area contributed by atoms with E-state index in [-0.39, 0.29) is 5.82 Å². The molecule has 5 heteroatoms. The molecule has 0 aliphatic carbocycles. The average Bonchev–Trinajstić information content (AvgIpc) is 2.89. The van der Waals surface area contributed by atoms with E-state index in [1.54, 1.807) is 6.07 Å². The third-order valence-corrected chi connectivity index (χ3v) is 4.51. The largest absolute Gasteiger partial charge is 0.379 e. The monoisotopic (exact) mass is 289 g/mol. The highest BCUT2D eigenvalue weighted by Gasteiger charge is 2.35. The number of morpholine rings is 1. The molecule has 2 heterocycles. The maximum atomic E-state index is 13.3. The summed E-state index contributed by atoms with van der Waals surface area (Å²) in [4.78, 5) is 4.69. The lowest BCUT2D eigenvalue weighted by atomic mass is 10.0. The third-order valence-electron chi connectivity index (χ3n) is 4.51. The molecule has 0 spiro atoms. The van der Waals surface area contributed by atoms with Crippen molar-refractivity contribution in [3.63, 3.8) is 0 Å². The lowest BCUT2D eigenvalue weighted by Gasteiger charge is -2.34. The summed E-state index contributed by atoms with van der Waals surface area (Å²) in [5.41, 5.74) is 1.27. The maximum absolute atomic E-state index is 13.3. The summed E-state index contributed by atoms with van der Waals surface area (Å²) in [7, 11) is 0. The van der Waals surface area contributed by atoms with Gasteiger partial charge < -0.3 is 9.64 Å². The molecule has 0 amide bonds. The zero-order chi connectivity index (χ0) is 14.8. The Morgan fingerprint density at radius 2 is 2.05 bits per heavy atom. The molecule has 0 radical (unpaired) electrons. The molecule has 0 unspecified atom stereocenters. The molecular formula is C16H20FN3O. The second-order valence-corrected chi connectivity index (χ2v) is 5.87. The van der Waals surface area contributed by atoms with Crippen LogP contribution in [0.3, 0.4) is 0 Å². The van der Waals surface area contributed by atoms with Gasteiger partial charge in [0.1, 0.15) is 11.9 Å². The van der Waals surface area contributed by atoms with E-state index in [1.807, 2.05) is 0 Å². The summed E-state index contributed by atoms with van der Waals surface area (Å²) < 4.78 is 18.7. The van der Waals surface area contributed by atoms with Crippen molar-refractivity contribution < 1.29 is 9.13 Å². The minimum absolute atomic E-state index is 0.354. The lowest BCUT2D eigenvalue weighted by molar-refractivity contribution is 0.0134. The van der Waals surface area contributed by atoms with E-state index in [0.717, 1.165) is 45.1 Å². The summed E-state index contributed by atoms with van der Waals surface area (Å²) in [6.07, 6.45) is 0. The number of anilines is 1. The molecule has 2 aliphatic rings. The van der Waals surface area contributed by atoms with Gasteiger partial charge in [-0.1, -0.05) is 6.92 Å². The fraction of sp³-hybridized carbons (Fsp3) is 0.562. The van der Waals surface area contributed by atoms with Gasteiger partial charge in [0.25, 0.3) is 0 Å². The van der Waals surface area contributed by atoms with Gasteiger partial charge in [-0.2, -0.15) is 5.26 Å². The fourth-order valence-electron chi connectivity index (χ4n) is 3.40. The Hall–Kier alpha value is -1.64. The highest BCUT2D eigenvalue weighted by Crippen LogP contribution is 2.30. The number of nitrogens with zero attached hydrogens (tertiary/aromatic N) is 3. The van der Waals surface area contributed by atoms with E-state index in [9.17, 15) is 9.65 Å². The van der Waals surface area contributed by atoms with Gasteiger partial charge in [0.05, 0.1) is 24.5 Å². The van der Waals surface area contributed by atoms with Crippen molar-refractivity contribution in [3.05, 3.63) is 29.6 Å². The molecule has 2 fully saturated rings. The highest BCUT2D eigenvalue weighted by atomic mass is 19.1. The summed E-state index contributed by atoms with van der Waals surface area (Å²) in [5, 5.41) is 9.21. The molecule has 0 saturated carbocycles. The second kappa shape index (κ2) is 6.00. The van der Waals surface area contributed by atoms with Gasteiger partial charge in [0.2, 0.25) is 0 Å². The molecule has 4 nitrogen and oxygen atoms in total. The van der Waals surface area contributed by atoms with E-state index in [2.05, 4.69) is 22.8 Å². The first-order valence-electron chi connectivity index (χ1n) is 7.45. The Kier molecular flexibility index (Phi) is 4.09.